The predicted octanol–water partition coefficient (Wildman–Crippen LogP) is 3.95. The van der Waals surface area contributed by atoms with Crippen molar-refractivity contribution in [2.75, 3.05) is 18.6 Å². The summed E-state index contributed by atoms with van der Waals surface area (Å²) in [6, 6.07) is 7.78. The lowest BCUT2D eigenvalue weighted by atomic mass is 9.97. The van der Waals surface area contributed by atoms with Crippen LogP contribution in [0.25, 0.3) is 0 Å². The lowest BCUT2D eigenvalue weighted by Crippen LogP contribution is -2.43. The number of nitrogens with zero attached hydrogens (tertiary/aromatic N) is 1. The number of carbonyl (C=O) groups is 3. The number of thioether (sulfide) groups is 2. The van der Waals surface area contributed by atoms with Gasteiger partial charge in [0.25, 0.3) is 0 Å². The maximum Gasteiger partial charge on any atom is 0.326 e. The second kappa shape index (κ2) is 10.9. The highest BCUT2D eigenvalue weighted by Crippen LogP contribution is 2.29. The molecule has 3 atom stereocenters. The molecule has 1 aliphatic heterocycles. The zero-order chi connectivity index (χ0) is 20.7. The number of rotatable bonds is 9. The summed E-state index contributed by atoms with van der Waals surface area (Å²) in [5.74, 6) is -0.841. The minimum Gasteiger partial charge on any atom is -0.480 e. The van der Waals surface area contributed by atoms with Gasteiger partial charge in [-0.2, -0.15) is 0 Å². The van der Waals surface area contributed by atoms with Crippen molar-refractivity contribution in [2.45, 2.75) is 50.5 Å². The van der Waals surface area contributed by atoms with Crippen LogP contribution in [0.4, 0.5) is 0 Å². The van der Waals surface area contributed by atoms with E-state index in [0.717, 1.165) is 31.0 Å². The quantitative estimate of drug-likeness (QED) is 0.606. The molecule has 1 aliphatic rings. The second-order valence-electron chi connectivity index (χ2n) is 7.39. The van der Waals surface area contributed by atoms with Crippen LogP contribution in [0.3, 0.4) is 0 Å². The highest BCUT2D eigenvalue weighted by atomic mass is 32.2. The molecule has 1 fully saturated rings. The van der Waals surface area contributed by atoms with E-state index in [9.17, 15) is 19.5 Å². The first-order valence-corrected chi connectivity index (χ1v) is 11.8. The van der Waals surface area contributed by atoms with Crippen molar-refractivity contribution in [2.24, 2.45) is 11.8 Å². The van der Waals surface area contributed by atoms with Crippen molar-refractivity contribution in [1.29, 1.82) is 0 Å². The van der Waals surface area contributed by atoms with Crippen molar-refractivity contribution < 1.29 is 19.5 Å². The van der Waals surface area contributed by atoms with E-state index in [0.29, 0.717) is 18.7 Å². The van der Waals surface area contributed by atoms with E-state index in [2.05, 4.69) is 30.5 Å². The third kappa shape index (κ3) is 6.55. The summed E-state index contributed by atoms with van der Waals surface area (Å²) in [6.45, 7) is 3.74. The van der Waals surface area contributed by atoms with Crippen LogP contribution in [0, 0.1) is 11.8 Å². The van der Waals surface area contributed by atoms with E-state index < -0.39 is 12.0 Å². The molecule has 1 aromatic carbocycles. The Morgan fingerprint density at radius 1 is 1.25 bits per heavy atom. The summed E-state index contributed by atoms with van der Waals surface area (Å²) in [6.07, 6.45) is 5.42. The van der Waals surface area contributed by atoms with Gasteiger partial charge in [-0.3, -0.25) is 9.59 Å². The summed E-state index contributed by atoms with van der Waals surface area (Å²) in [4.78, 5) is 38.3. The molecule has 154 valence electrons. The first kappa shape index (κ1) is 22.8. The number of carbonyl (C=O) groups excluding carboxylic acids is 2. The van der Waals surface area contributed by atoms with Gasteiger partial charge in [0.1, 0.15) is 6.04 Å². The number of hydrogen-bond acceptors (Lipinski definition) is 5. The first-order valence-electron chi connectivity index (χ1n) is 9.61. The van der Waals surface area contributed by atoms with Crippen molar-refractivity contribution >= 4 is 40.5 Å². The molecule has 0 aromatic heterocycles. The van der Waals surface area contributed by atoms with Gasteiger partial charge in [-0.05, 0) is 55.6 Å². The van der Waals surface area contributed by atoms with E-state index in [4.69, 9.17) is 0 Å². The summed E-state index contributed by atoms with van der Waals surface area (Å²) in [5.41, 5.74) is 1.29. The zero-order valence-corrected chi connectivity index (χ0v) is 18.4. The van der Waals surface area contributed by atoms with Crippen LogP contribution in [-0.4, -0.2) is 51.6 Å². The molecular formula is C21H29NO4S2. The molecule has 1 N–H and O–H groups in total. The van der Waals surface area contributed by atoms with Gasteiger partial charge in [-0.1, -0.05) is 30.8 Å². The fourth-order valence-electron chi connectivity index (χ4n) is 3.59. The second-order valence-corrected chi connectivity index (χ2v) is 9.47. The van der Waals surface area contributed by atoms with Gasteiger partial charge in [0.2, 0.25) is 5.91 Å². The van der Waals surface area contributed by atoms with Gasteiger partial charge >= 0.3 is 5.97 Å². The Kier molecular flexibility index (Phi) is 8.89. The van der Waals surface area contributed by atoms with E-state index in [1.807, 2.05) is 0 Å². The van der Waals surface area contributed by atoms with Crippen molar-refractivity contribution in [1.82, 2.24) is 4.90 Å². The fraction of sp³-hybridized carbons (Fsp3) is 0.571. The van der Waals surface area contributed by atoms with Crippen molar-refractivity contribution in [3.05, 3.63) is 29.8 Å². The third-order valence-electron chi connectivity index (χ3n) is 5.15. The number of likely N-dealkylation sites (tertiary alicyclic amines) is 1. The minimum atomic E-state index is -0.935. The van der Waals surface area contributed by atoms with Crippen LogP contribution in [0.2, 0.25) is 0 Å². The lowest BCUT2D eigenvalue weighted by molar-refractivity contribution is -0.149. The molecule has 28 heavy (non-hydrogen) atoms. The SMILES string of the molecule is CSc1ccc(CCCC2C[C@@H](C(=O)O)N(C(=O)C(C)CSC(C)=O)C2)cc1. The predicted molar refractivity (Wildman–Crippen MR) is 115 cm³/mol. The number of aliphatic carboxylic acids is 1. The third-order valence-corrected chi connectivity index (χ3v) is 6.97. The Labute approximate surface area is 175 Å². The maximum atomic E-state index is 12.7. The van der Waals surface area contributed by atoms with E-state index >= 15 is 0 Å². The molecular weight excluding hydrogens is 394 g/mol. The van der Waals surface area contributed by atoms with Crippen molar-refractivity contribution in [3.63, 3.8) is 0 Å². The zero-order valence-electron chi connectivity index (χ0n) is 16.7. The molecule has 0 bridgehead atoms. The number of aryl methyl sites for hydroxylation is 1. The van der Waals surface area contributed by atoms with Crippen LogP contribution in [0.5, 0.6) is 0 Å². The van der Waals surface area contributed by atoms with Gasteiger partial charge in [-0.15, -0.1) is 11.8 Å². The highest BCUT2D eigenvalue weighted by Gasteiger charge is 2.40. The van der Waals surface area contributed by atoms with Gasteiger partial charge in [-0.25, -0.2) is 4.79 Å². The molecule has 0 spiro atoms. The molecule has 1 heterocycles. The molecule has 2 unspecified atom stereocenters. The summed E-state index contributed by atoms with van der Waals surface area (Å²) >= 11 is 2.84. The number of benzene rings is 1. The fourth-order valence-corrected chi connectivity index (χ4v) is 4.63. The Bertz CT molecular complexity index is 692. The van der Waals surface area contributed by atoms with Crippen LogP contribution in [-0.2, 0) is 20.8 Å². The van der Waals surface area contributed by atoms with Gasteiger partial charge in [0.05, 0.1) is 0 Å². The normalized spacial score (nSPS) is 20.2. The molecule has 0 saturated carbocycles. The maximum absolute atomic E-state index is 12.7. The first-order chi connectivity index (χ1) is 13.3. The van der Waals surface area contributed by atoms with E-state index in [1.165, 1.54) is 22.3 Å². The van der Waals surface area contributed by atoms with Crippen LogP contribution in [0.15, 0.2) is 29.2 Å². The van der Waals surface area contributed by atoms with Crippen LogP contribution < -0.4 is 0 Å². The number of hydrogen-bond donors (Lipinski definition) is 1. The highest BCUT2D eigenvalue weighted by molar-refractivity contribution is 8.13. The molecule has 5 nitrogen and oxygen atoms in total. The molecule has 0 aliphatic carbocycles. The van der Waals surface area contributed by atoms with Crippen LogP contribution >= 0.6 is 23.5 Å². The molecule has 0 radical (unpaired) electrons. The Morgan fingerprint density at radius 3 is 2.50 bits per heavy atom. The van der Waals surface area contributed by atoms with Crippen LogP contribution in [0.1, 0.15) is 38.7 Å². The smallest absolute Gasteiger partial charge is 0.326 e. The van der Waals surface area contributed by atoms with E-state index in [-0.39, 0.29) is 22.9 Å². The number of carboxylic acids is 1. The lowest BCUT2D eigenvalue weighted by Gasteiger charge is -2.24. The molecule has 7 heteroatoms. The molecule has 1 amide bonds. The topological polar surface area (TPSA) is 74.7 Å². The minimum absolute atomic E-state index is 0.0284. The van der Waals surface area contributed by atoms with Gasteiger partial charge < -0.3 is 10.0 Å². The van der Waals surface area contributed by atoms with E-state index in [1.54, 1.807) is 18.7 Å². The Morgan fingerprint density at radius 2 is 1.93 bits per heavy atom. The summed E-state index contributed by atoms with van der Waals surface area (Å²) in [5, 5.41) is 9.52. The molecule has 1 aromatic rings. The largest absolute Gasteiger partial charge is 0.480 e. The number of carboxylic acid groups (broad SMARTS) is 1. The summed E-state index contributed by atoms with van der Waals surface area (Å²) in [7, 11) is 0. The average Bonchev–Trinajstić information content (AvgIpc) is 3.10. The van der Waals surface area contributed by atoms with Gasteiger partial charge in [0.15, 0.2) is 5.12 Å². The Hall–Kier alpha value is -1.47. The van der Waals surface area contributed by atoms with Gasteiger partial charge in [0, 0.05) is 30.0 Å². The average molecular weight is 424 g/mol. The standard InChI is InChI=1S/C21H29NO4S2/c1-14(13-28-15(2)23)20(24)22-12-17(11-19(22)21(25)26)6-4-5-16-7-9-18(27-3)10-8-16/h7-10,14,17,19H,4-6,11-13H2,1-3H3,(H,25,26)/t14?,17?,19-/m0/s1. The monoisotopic (exact) mass is 423 g/mol. The Balaban J connectivity index is 1.88. The number of amides is 1. The molecule has 2 rings (SSSR count). The summed E-state index contributed by atoms with van der Waals surface area (Å²) < 4.78 is 0. The van der Waals surface area contributed by atoms with Crippen molar-refractivity contribution in [3.8, 4) is 0 Å². The molecule has 1 saturated heterocycles.